The van der Waals surface area contributed by atoms with Crippen LogP contribution in [0.1, 0.15) is 58.4 Å². The van der Waals surface area contributed by atoms with Gasteiger partial charge in [0, 0.05) is 29.7 Å². The molecule has 8 rings (SSSR count). The first-order valence-corrected chi connectivity index (χ1v) is 21.4. The lowest BCUT2D eigenvalue weighted by molar-refractivity contribution is -0.144. The van der Waals surface area contributed by atoms with E-state index in [-0.39, 0.29) is 44.0 Å². The number of ether oxygens (including phenoxy) is 2. The predicted octanol–water partition coefficient (Wildman–Crippen LogP) is 7.20. The molecule has 1 N–H and O–H groups in total. The second-order valence-corrected chi connectivity index (χ2v) is 19.1. The van der Waals surface area contributed by atoms with Crippen LogP contribution in [0.5, 0.6) is 11.6 Å². The van der Waals surface area contributed by atoms with Crippen molar-refractivity contribution in [2.45, 2.75) is 76.7 Å². The lowest BCUT2D eigenvalue weighted by Crippen LogP contribution is -2.48. The smallest absolute Gasteiger partial charge is 0.262 e. The second-order valence-electron chi connectivity index (χ2n) is 17.1. The molecule has 1 saturated heterocycles. The molecule has 2 aliphatic carbocycles. The van der Waals surface area contributed by atoms with Gasteiger partial charge in [0.05, 0.1) is 30.4 Å². The molecule has 3 fully saturated rings. The number of hydrogen-bond donors (Lipinski definition) is 1. The molecule has 3 aliphatic rings. The van der Waals surface area contributed by atoms with E-state index >= 15 is 0 Å². The summed E-state index contributed by atoms with van der Waals surface area (Å²) in [7, 11) is -2.30. The van der Waals surface area contributed by atoms with Crippen molar-refractivity contribution >= 4 is 49.7 Å². The maximum absolute atomic E-state index is 14.9. The number of nitrogens with zero attached hydrogens (tertiary/aromatic N) is 3. The van der Waals surface area contributed by atoms with Crippen molar-refractivity contribution in [2.75, 3.05) is 13.7 Å². The van der Waals surface area contributed by atoms with Crippen molar-refractivity contribution in [2.24, 2.45) is 22.7 Å². The Balaban J connectivity index is 1.15. The number of furan rings is 1. The van der Waals surface area contributed by atoms with Gasteiger partial charge in [0.15, 0.2) is 11.6 Å². The van der Waals surface area contributed by atoms with Crippen LogP contribution in [0.3, 0.4) is 0 Å². The molecule has 308 valence electrons. The Hall–Kier alpha value is -5.63. The zero-order valence-corrected chi connectivity index (χ0v) is 34.3. The summed E-state index contributed by atoms with van der Waals surface area (Å²) in [6, 6.07) is 19.7. The zero-order valence-electron chi connectivity index (χ0n) is 33.4. The van der Waals surface area contributed by atoms with Crippen molar-refractivity contribution in [1.82, 2.24) is 19.6 Å². The summed E-state index contributed by atoms with van der Waals surface area (Å²) >= 11 is 0. The first-order valence-electron chi connectivity index (χ1n) is 19.9. The Bertz CT molecular complexity index is 2560. The van der Waals surface area contributed by atoms with Crippen LogP contribution in [0.15, 0.2) is 89.9 Å². The van der Waals surface area contributed by atoms with Crippen LogP contribution in [0.25, 0.3) is 33.5 Å². The Kier molecular flexibility index (Phi) is 10.3. The van der Waals surface area contributed by atoms with Crippen LogP contribution in [-0.4, -0.2) is 71.9 Å². The molecule has 0 unspecified atom stereocenters. The van der Waals surface area contributed by atoms with Crippen molar-refractivity contribution in [3.63, 3.8) is 0 Å². The van der Waals surface area contributed by atoms with Crippen LogP contribution >= 0.6 is 0 Å². The van der Waals surface area contributed by atoms with Gasteiger partial charge in [0.25, 0.3) is 5.88 Å². The number of amides is 2. The minimum absolute atomic E-state index is 0.00890. The molecule has 2 aromatic heterocycles. The van der Waals surface area contributed by atoms with Crippen molar-refractivity contribution in [1.29, 1.82) is 0 Å². The Morgan fingerprint density at radius 1 is 1.05 bits per heavy atom. The van der Waals surface area contributed by atoms with Gasteiger partial charge >= 0.3 is 0 Å². The summed E-state index contributed by atoms with van der Waals surface area (Å²) in [5, 5.41) is 0.129. The third-order valence-electron chi connectivity index (χ3n) is 12.0. The van der Waals surface area contributed by atoms with Gasteiger partial charge in [-0.3, -0.25) is 19.1 Å². The molecule has 0 radical (unpaired) electrons. The molecule has 5 atom stereocenters. The van der Waals surface area contributed by atoms with E-state index < -0.39 is 67.6 Å². The fourth-order valence-corrected chi connectivity index (χ4v) is 9.62. The third kappa shape index (κ3) is 7.94. The molecule has 0 spiro atoms. The van der Waals surface area contributed by atoms with E-state index in [1.807, 2.05) is 57.2 Å². The highest BCUT2D eigenvalue weighted by Gasteiger charge is 2.61. The van der Waals surface area contributed by atoms with Gasteiger partial charge < -0.3 is 18.8 Å². The number of methoxy groups -OCH3 is 1. The summed E-state index contributed by atoms with van der Waals surface area (Å²) in [5.41, 5.74) is 0.967. The Labute approximate surface area is 342 Å². The number of carbonyl (C=O) groups is 3. The molecule has 3 aromatic carbocycles. The maximum Gasteiger partial charge on any atom is 0.262 e. The van der Waals surface area contributed by atoms with Crippen molar-refractivity contribution in [3.8, 4) is 23.0 Å². The number of hydrogen-bond acceptors (Lipinski definition) is 10. The van der Waals surface area contributed by atoms with E-state index in [2.05, 4.69) is 11.3 Å². The monoisotopic (exact) mass is 822 g/mol. The van der Waals surface area contributed by atoms with E-state index in [9.17, 15) is 27.2 Å². The summed E-state index contributed by atoms with van der Waals surface area (Å²) < 4.78 is 60.1. The predicted molar refractivity (Wildman–Crippen MR) is 219 cm³/mol. The molecule has 14 heteroatoms. The highest BCUT2D eigenvalue weighted by atomic mass is 32.2. The zero-order chi connectivity index (χ0) is 41.9. The first kappa shape index (κ1) is 40.2. The molecule has 2 amide bonds. The molecular formula is C45H47FN4O8S. The summed E-state index contributed by atoms with van der Waals surface area (Å²) in [4.78, 5) is 54.5. The minimum Gasteiger partial charge on any atom is -0.497 e. The molecular weight excluding hydrogens is 776 g/mol. The van der Waals surface area contributed by atoms with Crippen LogP contribution in [-0.2, 0) is 30.8 Å². The van der Waals surface area contributed by atoms with Gasteiger partial charge in [0.2, 0.25) is 27.4 Å². The van der Waals surface area contributed by atoms with Crippen LogP contribution in [0.4, 0.5) is 4.39 Å². The minimum atomic E-state index is -3.88. The van der Waals surface area contributed by atoms with Crippen molar-refractivity contribution < 1.29 is 41.1 Å². The number of halogens is 1. The van der Waals surface area contributed by atoms with Gasteiger partial charge in [-0.15, -0.1) is 6.58 Å². The van der Waals surface area contributed by atoms with Crippen LogP contribution in [0.2, 0.25) is 0 Å². The number of Topliss-reactive ketones (excluding diaryl/α,β-unsaturated/α-hetero) is 1. The number of fused-ring (bicyclic) bond motifs is 3. The number of nitrogens with one attached hydrogen (secondary N) is 1. The number of rotatable bonds is 14. The lowest BCUT2D eigenvalue weighted by Gasteiger charge is -2.35. The molecule has 1 aliphatic heterocycles. The highest BCUT2D eigenvalue weighted by molar-refractivity contribution is 7.90. The van der Waals surface area contributed by atoms with Gasteiger partial charge in [0.1, 0.15) is 28.8 Å². The summed E-state index contributed by atoms with van der Waals surface area (Å²) in [6.45, 7) is 9.69. The van der Waals surface area contributed by atoms with Crippen LogP contribution < -0.4 is 14.2 Å². The number of likely N-dealkylation sites (tertiary alicyclic amines) is 1. The number of benzene rings is 3. The SMILES string of the molecule is C=C[C@@H]1C[C@]1(CC(=O)[C@@H]1C[C@@H](Oc2nc(-c3ccc(OC)cc3)nc3c2oc2ccccc23)CN1C(=O)[C@@H](Cc1ccc(F)cc1)C(C)(C)C)C(=O)NS(=O)(=O)C1CC1. The average molecular weight is 823 g/mol. The molecule has 59 heavy (non-hydrogen) atoms. The standard InChI is InChI=1S/C45H47FN4O8S/c1-6-28-23-45(28,43(53)49-59(54,55)32-19-20-32)24-36(51)35-22-31(25-50(35)42(52)34(44(2,3)4)21-26-11-15-29(46)16-12-26)57-41-39-38(33-9-7-8-10-37(33)58-39)47-40(48-41)27-13-17-30(56-5)18-14-27/h6-18,28,31-32,34-35H,1,19-25H2,2-5H3,(H,49,53)/t28-,31-,34-,35+,45-/m1/s1. The summed E-state index contributed by atoms with van der Waals surface area (Å²) in [5.74, 6) is -1.70. The summed E-state index contributed by atoms with van der Waals surface area (Å²) in [6.07, 6.45) is 2.09. The Morgan fingerprint density at radius 2 is 1.76 bits per heavy atom. The fraction of sp³-hybridized carbons (Fsp3) is 0.400. The van der Waals surface area contributed by atoms with Gasteiger partial charge in [-0.2, -0.15) is 4.98 Å². The van der Waals surface area contributed by atoms with E-state index in [1.165, 1.54) is 17.0 Å². The average Bonchev–Trinajstić information content (AvgIpc) is 4.12. The number of sulfonamides is 1. The first-order chi connectivity index (χ1) is 28.1. The topological polar surface area (TPSA) is 158 Å². The number of carbonyl (C=O) groups excluding carboxylic acids is 3. The molecule has 2 saturated carbocycles. The molecule has 5 aromatic rings. The molecule has 3 heterocycles. The number of ketones is 1. The second kappa shape index (κ2) is 15.2. The van der Waals surface area contributed by atoms with Crippen LogP contribution in [0, 0.1) is 28.5 Å². The van der Waals surface area contributed by atoms with Gasteiger partial charge in [-0.25, -0.2) is 17.8 Å². The highest BCUT2D eigenvalue weighted by Crippen LogP contribution is 2.57. The van der Waals surface area contributed by atoms with E-state index in [4.69, 9.17) is 23.9 Å². The normalized spacial score (nSPS) is 22.3. The largest absolute Gasteiger partial charge is 0.497 e. The number of aromatic nitrogens is 2. The lowest BCUT2D eigenvalue weighted by atomic mass is 9.76. The number of para-hydroxylation sites is 1. The number of allylic oxidation sites excluding steroid dienone is 1. The molecule has 0 bridgehead atoms. The Morgan fingerprint density at radius 3 is 2.41 bits per heavy atom. The third-order valence-corrected chi connectivity index (χ3v) is 13.8. The van der Waals surface area contributed by atoms with Gasteiger partial charge in [-0.1, -0.05) is 51.1 Å². The van der Waals surface area contributed by atoms with Gasteiger partial charge in [-0.05, 0) is 91.1 Å². The van der Waals surface area contributed by atoms with E-state index in [0.717, 1.165) is 10.9 Å². The maximum atomic E-state index is 14.9. The fourth-order valence-electron chi connectivity index (χ4n) is 8.23. The van der Waals surface area contributed by atoms with Crippen molar-refractivity contribution in [3.05, 3.63) is 96.8 Å². The van der Waals surface area contributed by atoms with E-state index in [0.29, 0.717) is 46.7 Å². The quantitative estimate of drug-likeness (QED) is 0.114. The molecule has 12 nitrogen and oxygen atoms in total. The van der Waals surface area contributed by atoms with E-state index in [1.54, 1.807) is 37.5 Å².